The zero-order valence-corrected chi connectivity index (χ0v) is 6.69. The van der Waals surface area contributed by atoms with E-state index in [4.69, 9.17) is 16.7 Å². The van der Waals surface area contributed by atoms with Crippen molar-refractivity contribution in [2.45, 2.75) is 0 Å². The quantitative estimate of drug-likeness (QED) is 0.703. The smallest absolute Gasteiger partial charge is 0.328 e. The van der Waals surface area contributed by atoms with Crippen LogP contribution in [-0.4, -0.2) is 21.3 Å². The van der Waals surface area contributed by atoms with Crippen LogP contribution in [0.5, 0.6) is 0 Å². The van der Waals surface area contributed by atoms with Gasteiger partial charge in [0.05, 0.1) is 5.69 Å². The van der Waals surface area contributed by atoms with Crippen LogP contribution >= 0.6 is 11.6 Å². The first kappa shape index (κ1) is 8.67. The summed E-state index contributed by atoms with van der Waals surface area (Å²) in [6.45, 7) is 0. The Morgan fingerprint density at radius 2 is 2.25 bits per heavy atom. The lowest BCUT2D eigenvalue weighted by Gasteiger charge is -1.89. The lowest BCUT2D eigenvalue weighted by atomic mass is 10.3. The van der Waals surface area contributed by atoms with E-state index in [-0.39, 0.29) is 5.15 Å². The van der Waals surface area contributed by atoms with Crippen molar-refractivity contribution in [3.8, 4) is 0 Å². The molecular formula is C7H5ClN2O2. The summed E-state index contributed by atoms with van der Waals surface area (Å²) in [5, 5.41) is 15.7. The molecule has 0 atom stereocenters. The molecule has 0 saturated heterocycles. The summed E-state index contributed by atoms with van der Waals surface area (Å²) in [7, 11) is 0. The normalized spacial score (nSPS) is 10.4. The number of hydrogen-bond donors (Lipinski definition) is 1. The molecule has 0 aromatic carbocycles. The van der Waals surface area contributed by atoms with Crippen molar-refractivity contribution in [3.63, 3.8) is 0 Å². The van der Waals surface area contributed by atoms with Crippen LogP contribution in [0.1, 0.15) is 5.69 Å². The van der Waals surface area contributed by atoms with E-state index in [0.717, 1.165) is 6.08 Å². The average molecular weight is 185 g/mol. The van der Waals surface area contributed by atoms with E-state index < -0.39 is 5.97 Å². The van der Waals surface area contributed by atoms with Crippen LogP contribution in [0, 0.1) is 0 Å². The van der Waals surface area contributed by atoms with Gasteiger partial charge in [-0.05, 0) is 18.2 Å². The van der Waals surface area contributed by atoms with Crippen LogP contribution in [0.4, 0.5) is 0 Å². The van der Waals surface area contributed by atoms with Gasteiger partial charge in [-0.25, -0.2) is 4.79 Å². The minimum absolute atomic E-state index is 0.280. The Balaban J connectivity index is 2.77. The maximum atomic E-state index is 10.1. The lowest BCUT2D eigenvalue weighted by molar-refractivity contribution is -0.131. The Morgan fingerprint density at radius 1 is 1.50 bits per heavy atom. The summed E-state index contributed by atoms with van der Waals surface area (Å²) in [4.78, 5) is 10.1. The van der Waals surface area contributed by atoms with Crippen LogP contribution < -0.4 is 0 Å². The number of carbonyl (C=O) groups is 1. The van der Waals surface area contributed by atoms with Gasteiger partial charge in [-0.15, -0.1) is 10.2 Å². The second kappa shape index (κ2) is 3.82. The van der Waals surface area contributed by atoms with Crippen molar-refractivity contribution in [1.29, 1.82) is 0 Å². The maximum absolute atomic E-state index is 10.1. The van der Waals surface area contributed by atoms with Gasteiger partial charge in [-0.1, -0.05) is 11.6 Å². The number of rotatable bonds is 2. The Hall–Kier alpha value is -1.42. The zero-order chi connectivity index (χ0) is 8.97. The second-order valence-electron chi connectivity index (χ2n) is 1.95. The second-order valence-corrected chi connectivity index (χ2v) is 2.34. The molecule has 1 aromatic rings. The Kier molecular flexibility index (Phi) is 2.76. The van der Waals surface area contributed by atoms with E-state index in [1.165, 1.54) is 12.1 Å². The highest BCUT2D eigenvalue weighted by molar-refractivity contribution is 6.29. The Bertz CT molecular complexity index is 308. The Labute approximate surface area is 73.5 Å². The van der Waals surface area contributed by atoms with Gasteiger partial charge in [-0.2, -0.15) is 0 Å². The predicted molar refractivity (Wildman–Crippen MR) is 43.7 cm³/mol. The van der Waals surface area contributed by atoms with E-state index in [2.05, 4.69) is 10.2 Å². The fourth-order valence-corrected chi connectivity index (χ4v) is 0.673. The number of halogens is 1. The van der Waals surface area contributed by atoms with Gasteiger partial charge in [0.1, 0.15) is 0 Å². The number of nitrogens with zero attached hydrogens (tertiary/aromatic N) is 2. The van der Waals surface area contributed by atoms with Gasteiger partial charge in [-0.3, -0.25) is 0 Å². The van der Waals surface area contributed by atoms with Crippen LogP contribution in [0.25, 0.3) is 6.08 Å². The summed E-state index contributed by atoms with van der Waals surface area (Å²) in [5.74, 6) is -1.02. The molecule has 0 aliphatic rings. The van der Waals surface area contributed by atoms with Crippen LogP contribution in [-0.2, 0) is 4.79 Å². The summed E-state index contributed by atoms with van der Waals surface area (Å²) >= 11 is 5.46. The van der Waals surface area contributed by atoms with Crippen LogP contribution in [0.15, 0.2) is 18.2 Å². The summed E-state index contributed by atoms with van der Waals surface area (Å²) in [6, 6.07) is 3.12. The molecular weight excluding hydrogens is 180 g/mol. The molecule has 12 heavy (non-hydrogen) atoms. The van der Waals surface area contributed by atoms with Gasteiger partial charge < -0.3 is 5.11 Å². The minimum Gasteiger partial charge on any atom is -0.478 e. The van der Waals surface area contributed by atoms with Gasteiger partial charge in [0, 0.05) is 6.08 Å². The largest absolute Gasteiger partial charge is 0.478 e. The molecule has 1 N–H and O–H groups in total. The molecule has 0 spiro atoms. The van der Waals surface area contributed by atoms with E-state index in [0.29, 0.717) is 5.69 Å². The molecule has 0 saturated carbocycles. The van der Waals surface area contributed by atoms with Gasteiger partial charge in [0.15, 0.2) is 5.15 Å². The molecule has 4 nitrogen and oxygen atoms in total. The van der Waals surface area contributed by atoms with Gasteiger partial charge >= 0.3 is 5.97 Å². The topological polar surface area (TPSA) is 63.1 Å². The molecule has 0 amide bonds. The van der Waals surface area contributed by atoms with Gasteiger partial charge in [0.25, 0.3) is 0 Å². The van der Waals surface area contributed by atoms with Crippen molar-refractivity contribution in [2.75, 3.05) is 0 Å². The van der Waals surface area contributed by atoms with Gasteiger partial charge in [0.2, 0.25) is 0 Å². The number of carboxylic acid groups (broad SMARTS) is 1. The maximum Gasteiger partial charge on any atom is 0.328 e. The van der Waals surface area contributed by atoms with Crippen molar-refractivity contribution in [2.24, 2.45) is 0 Å². The summed E-state index contributed by atoms with van der Waals surface area (Å²) in [6.07, 6.45) is 2.32. The molecule has 1 rings (SSSR count). The molecule has 0 fully saturated rings. The molecule has 0 aliphatic carbocycles. The molecule has 62 valence electrons. The fraction of sp³-hybridized carbons (Fsp3) is 0. The number of aromatic nitrogens is 2. The molecule has 5 heteroatoms. The predicted octanol–water partition coefficient (Wildman–Crippen LogP) is 1.23. The van der Waals surface area contributed by atoms with E-state index >= 15 is 0 Å². The van der Waals surface area contributed by atoms with Crippen molar-refractivity contribution in [3.05, 3.63) is 29.1 Å². The first-order chi connectivity index (χ1) is 5.68. The molecule has 1 aromatic heterocycles. The van der Waals surface area contributed by atoms with Crippen molar-refractivity contribution in [1.82, 2.24) is 10.2 Å². The number of carboxylic acids is 1. The highest BCUT2D eigenvalue weighted by Gasteiger charge is 1.91. The molecule has 1 heterocycles. The SMILES string of the molecule is O=C(O)C=Cc1ccc(Cl)nn1. The third kappa shape index (κ3) is 2.67. The highest BCUT2D eigenvalue weighted by Crippen LogP contribution is 2.02. The molecule has 0 bridgehead atoms. The minimum atomic E-state index is -1.02. The van der Waals surface area contributed by atoms with E-state index in [1.54, 1.807) is 6.07 Å². The number of aliphatic carboxylic acids is 1. The van der Waals surface area contributed by atoms with E-state index in [9.17, 15) is 4.79 Å². The molecule has 0 aliphatic heterocycles. The third-order valence-electron chi connectivity index (χ3n) is 1.05. The molecule has 0 unspecified atom stereocenters. The zero-order valence-electron chi connectivity index (χ0n) is 5.94. The summed E-state index contributed by atoms with van der Waals surface area (Å²) in [5.41, 5.74) is 0.460. The van der Waals surface area contributed by atoms with Crippen LogP contribution in [0.2, 0.25) is 5.15 Å². The fourth-order valence-electron chi connectivity index (χ4n) is 0.572. The lowest BCUT2D eigenvalue weighted by Crippen LogP contribution is -1.88. The highest BCUT2D eigenvalue weighted by atomic mass is 35.5. The van der Waals surface area contributed by atoms with Crippen molar-refractivity contribution >= 4 is 23.6 Å². The molecule has 0 radical (unpaired) electrons. The monoisotopic (exact) mass is 184 g/mol. The number of hydrogen-bond acceptors (Lipinski definition) is 3. The Morgan fingerprint density at radius 3 is 2.75 bits per heavy atom. The van der Waals surface area contributed by atoms with E-state index in [1.807, 2.05) is 0 Å². The van der Waals surface area contributed by atoms with Crippen LogP contribution in [0.3, 0.4) is 0 Å². The first-order valence-electron chi connectivity index (χ1n) is 3.09. The average Bonchev–Trinajstić information content (AvgIpc) is 2.03. The van der Waals surface area contributed by atoms with Crippen molar-refractivity contribution < 1.29 is 9.90 Å². The summed E-state index contributed by atoms with van der Waals surface area (Å²) < 4.78 is 0. The third-order valence-corrected chi connectivity index (χ3v) is 1.25. The standard InChI is InChI=1S/C7H5ClN2O2/c8-6-3-1-5(9-10-6)2-4-7(11)12/h1-4H,(H,11,12). The first-order valence-corrected chi connectivity index (χ1v) is 3.46.